The summed E-state index contributed by atoms with van der Waals surface area (Å²) in [7, 11) is 0. The van der Waals surface area contributed by atoms with Gasteiger partial charge in [0.05, 0.1) is 12.2 Å². The maximum atomic E-state index is 13.3. The number of aromatic nitrogens is 6. The third-order valence-electron chi connectivity index (χ3n) is 5.12. The highest BCUT2D eigenvalue weighted by atomic mass is 79.9. The second kappa shape index (κ2) is 8.23. The van der Waals surface area contributed by atoms with Gasteiger partial charge in [0, 0.05) is 36.2 Å². The van der Waals surface area contributed by atoms with E-state index in [-0.39, 0.29) is 23.3 Å². The van der Waals surface area contributed by atoms with Gasteiger partial charge in [-0.05, 0) is 43.5 Å². The molecule has 156 valence electrons. The second-order valence-corrected chi connectivity index (χ2v) is 8.32. The summed E-state index contributed by atoms with van der Waals surface area (Å²) in [5.74, 6) is 0.0282. The third-order valence-corrected chi connectivity index (χ3v) is 6.61. The van der Waals surface area contributed by atoms with Crippen LogP contribution in [-0.2, 0) is 19.6 Å². The topological polar surface area (TPSA) is 96.5 Å². The van der Waals surface area contributed by atoms with Crippen molar-refractivity contribution in [1.29, 1.82) is 0 Å². The molecule has 10 heteroatoms. The number of nitrogens with two attached hydrogens (primary N) is 1. The summed E-state index contributed by atoms with van der Waals surface area (Å²) in [5.41, 5.74) is 9.30. The average molecular weight is 491 g/mol. The van der Waals surface area contributed by atoms with Crippen LogP contribution in [0, 0.1) is 13.8 Å². The van der Waals surface area contributed by atoms with E-state index in [1.807, 2.05) is 38.4 Å². The summed E-state index contributed by atoms with van der Waals surface area (Å²) in [6.07, 6.45) is 6.52. The molecule has 0 aliphatic rings. The predicted octanol–water partition coefficient (Wildman–Crippen LogP) is 3.54. The highest BCUT2D eigenvalue weighted by Gasteiger charge is 2.20. The largest absolute Gasteiger partial charge is 0.368 e. The van der Waals surface area contributed by atoms with Crippen molar-refractivity contribution in [2.24, 2.45) is 0 Å². The van der Waals surface area contributed by atoms with Crippen LogP contribution in [0.25, 0.3) is 11.2 Å². The highest BCUT2D eigenvalue weighted by Crippen LogP contribution is 2.25. The zero-order valence-corrected chi connectivity index (χ0v) is 19.0. The van der Waals surface area contributed by atoms with Crippen LogP contribution in [0.3, 0.4) is 0 Å². The lowest BCUT2D eigenvalue weighted by molar-refractivity contribution is 0.553. The van der Waals surface area contributed by atoms with Crippen LogP contribution < -0.4 is 11.4 Å². The van der Waals surface area contributed by atoms with Crippen molar-refractivity contribution >= 4 is 44.6 Å². The summed E-state index contributed by atoms with van der Waals surface area (Å²) < 4.78 is 6.23. The number of pyridine rings is 1. The minimum atomic E-state index is -0.211. The van der Waals surface area contributed by atoms with E-state index in [1.54, 1.807) is 15.3 Å². The number of nitrogen functional groups attached to an aromatic ring is 1. The number of nitrogens with zero attached hydrogens (tertiary/aromatic N) is 6. The van der Waals surface area contributed by atoms with Gasteiger partial charge in [-0.2, -0.15) is 9.97 Å². The van der Waals surface area contributed by atoms with E-state index in [0.717, 1.165) is 34.3 Å². The van der Waals surface area contributed by atoms with Crippen LogP contribution in [0.2, 0.25) is 5.15 Å². The molecule has 0 aliphatic heterocycles. The fraction of sp³-hybridized carbons (Fsp3) is 0.300. The van der Waals surface area contributed by atoms with E-state index in [0.29, 0.717) is 17.7 Å². The van der Waals surface area contributed by atoms with Crippen molar-refractivity contribution in [3.8, 4) is 0 Å². The van der Waals surface area contributed by atoms with Gasteiger partial charge in [0.2, 0.25) is 5.95 Å². The Bertz CT molecular complexity index is 1280. The Morgan fingerprint density at radius 2 is 1.87 bits per heavy atom. The highest BCUT2D eigenvalue weighted by molar-refractivity contribution is 9.10. The van der Waals surface area contributed by atoms with Crippen LogP contribution in [0.15, 0.2) is 40.0 Å². The lowest BCUT2D eigenvalue weighted by Crippen LogP contribution is -2.26. The molecule has 2 N–H and O–H groups in total. The number of rotatable bonds is 6. The molecule has 30 heavy (non-hydrogen) atoms. The lowest BCUT2D eigenvalue weighted by atomic mass is 10.1. The van der Waals surface area contributed by atoms with Crippen LogP contribution in [0.5, 0.6) is 0 Å². The number of hydrogen-bond acceptors (Lipinski definition) is 5. The molecule has 0 spiro atoms. The standard InChI is InChI=1S/C20H21BrClN7O/c1-12-10-24-14(13(2)15(12)21)11-29-18-16(17(22)25-19(23)26-18)28(20(29)30)9-5-8-27-6-3-4-7-27/h3-4,6-7,10H,5,8-9,11H2,1-2H3,(H2,23,25,26). The van der Waals surface area contributed by atoms with Crippen molar-refractivity contribution in [2.45, 2.75) is 39.9 Å². The number of aryl methyl sites for hydroxylation is 3. The van der Waals surface area contributed by atoms with E-state index in [4.69, 9.17) is 17.3 Å². The zero-order chi connectivity index (χ0) is 21.4. The maximum Gasteiger partial charge on any atom is 0.330 e. The van der Waals surface area contributed by atoms with Crippen molar-refractivity contribution in [1.82, 2.24) is 28.7 Å². The molecule has 0 aromatic carbocycles. The summed E-state index contributed by atoms with van der Waals surface area (Å²) in [4.78, 5) is 26.2. The Kier molecular flexibility index (Phi) is 5.66. The van der Waals surface area contributed by atoms with Gasteiger partial charge in [-0.3, -0.25) is 14.1 Å². The fourth-order valence-electron chi connectivity index (χ4n) is 3.52. The van der Waals surface area contributed by atoms with Gasteiger partial charge in [0.15, 0.2) is 10.8 Å². The van der Waals surface area contributed by atoms with Gasteiger partial charge in [-0.15, -0.1) is 0 Å². The van der Waals surface area contributed by atoms with Crippen molar-refractivity contribution in [3.05, 3.63) is 67.7 Å². The summed E-state index contributed by atoms with van der Waals surface area (Å²) >= 11 is 9.97. The van der Waals surface area contributed by atoms with Gasteiger partial charge in [-0.25, -0.2) is 4.79 Å². The van der Waals surface area contributed by atoms with E-state index in [1.165, 1.54) is 0 Å². The Labute approximate surface area is 186 Å². The average Bonchev–Trinajstić information content (AvgIpc) is 3.30. The minimum Gasteiger partial charge on any atom is -0.368 e. The zero-order valence-electron chi connectivity index (χ0n) is 16.6. The second-order valence-electron chi connectivity index (χ2n) is 7.17. The van der Waals surface area contributed by atoms with Gasteiger partial charge in [-0.1, -0.05) is 27.5 Å². The first-order valence-corrected chi connectivity index (χ1v) is 10.7. The quantitative estimate of drug-likeness (QED) is 0.417. The molecule has 0 amide bonds. The van der Waals surface area contributed by atoms with Gasteiger partial charge in [0.1, 0.15) is 5.52 Å². The molecular weight excluding hydrogens is 470 g/mol. The van der Waals surface area contributed by atoms with Gasteiger partial charge < -0.3 is 10.3 Å². The molecule has 8 nitrogen and oxygen atoms in total. The molecule has 0 saturated heterocycles. The summed E-state index contributed by atoms with van der Waals surface area (Å²) in [5, 5.41) is 0.170. The van der Waals surface area contributed by atoms with E-state index >= 15 is 0 Å². The molecule has 4 heterocycles. The molecule has 0 saturated carbocycles. The molecule has 4 aromatic heterocycles. The van der Waals surface area contributed by atoms with Gasteiger partial charge in [0.25, 0.3) is 0 Å². The van der Waals surface area contributed by atoms with E-state index in [9.17, 15) is 4.79 Å². The first-order valence-electron chi connectivity index (χ1n) is 9.50. The molecule has 0 unspecified atom stereocenters. The van der Waals surface area contributed by atoms with Crippen LogP contribution in [0.1, 0.15) is 23.2 Å². The number of imidazole rings is 1. The minimum absolute atomic E-state index is 0.0282. The number of halogens is 2. The number of fused-ring (bicyclic) bond motifs is 1. The van der Waals surface area contributed by atoms with Crippen LogP contribution >= 0.6 is 27.5 Å². The molecule has 4 rings (SSSR count). The number of hydrogen-bond donors (Lipinski definition) is 1. The first-order chi connectivity index (χ1) is 14.4. The first kappa shape index (κ1) is 20.6. The molecular formula is C20H21BrClN7O. The lowest BCUT2D eigenvalue weighted by Gasteiger charge is -2.09. The molecule has 0 aliphatic carbocycles. The monoisotopic (exact) mass is 489 g/mol. The molecule has 0 fully saturated rings. The third kappa shape index (κ3) is 3.75. The smallest absolute Gasteiger partial charge is 0.330 e. The van der Waals surface area contributed by atoms with Crippen molar-refractivity contribution in [2.75, 3.05) is 5.73 Å². The number of anilines is 1. The Balaban J connectivity index is 1.77. The molecule has 0 atom stereocenters. The Morgan fingerprint density at radius 3 is 2.60 bits per heavy atom. The maximum absolute atomic E-state index is 13.3. The van der Waals surface area contributed by atoms with E-state index in [2.05, 4.69) is 35.4 Å². The Morgan fingerprint density at radius 1 is 1.13 bits per heavy atom. The van der Waals surface area contributed by atoms with Crippen molar-refractivity contribution < 1.29 is 0 Å². The fourth-order valence-corrected chi connectivity index (χ4v) is 4.13. The SMILES string of the molecule is Cc1cnc(Cn2c(=O)n(CCCn3cccc3)c3c(Cl)nc(N)nc32)c(C)c1Br. The molecule has 0 radical (unpaired) electrons. The Hall–Kier alpha value is -2.65. The molecule has 4 aromatic rings. The van der Waals surface area contributed by atoms with Crippen LogP contribution in [0.4, 0.5) is 5.95 Å². The van der Waals surface area contributed by atoms with Gasteiger partial charge >= 0.3 is 5.69 Å². The predicted molar refractivity (Wildman–Crippen MR) is 121 cm³/mol. The van der Waals surface area contributed by atoms with Crippen LogP contribution in [-0.4, -0.2) is 28.7 Å². The normalized spacial score (nSPS) is 11.5. The summed E-state index contributed by atoms with van der Waals surface area (Å²) in [6, 6.07) is 3.95. The van der Waals surface area contributed by atoms with E-state index < -0.39 is 0 Å². The summed E-state index contributed by atoms with van der Waals surface area (Å²) in [6.45, 7) is 5.47. The molecule has 0 bridgehead atoms. The van der Waals surface area contributed by atoms with Crippen molar-refractivity contribution in [3.63, 3.8) is 0 Å².